The quantitative estimate of drug-likeness (QED) is 0.533. The summed E-state index contributed by atoms with van der Waals surface area (Å²) < 4.78 is 61.4. The zero-order chi connectivity index (χ0) is 27.9. The van der Waals surface area contributed by atoms with Gasteiger partial charge in [-0.15, -0.1) is 0 Å². The van der Waals surface area contributed by atoms with E-state index in [9.17, 15) is 22.8 Å². The largest absolute Gasteiger partial charge is 0.416 e. The van der Waals surface area contributed by atoms with Gasteiger partial charge in [0.1, 0.15) is 17.7 Å². The Labute approximate surface area is 224 Å². The Hall–Kier alpha value is -3.25. The number of hydrogen-bond donors (Lipinski definition) is 0. The Morgan fingerprint density at radius 3 is 2.56 bits per heavy atom. The number of likely N-dealkylation sites (N-methyl/N-ethyl adjacent to an activating group) is 1. The van der Waals surface area contributed by atoms with E-state index in [0.717, 1.165) is 43.1 Å². The van der Waals surface area contributed by atoms with Gasteiger partial charge in [-0.05, 0) is 37.6 Å². The number of ether oxygens (including phenoxy) is 1. The molecule has 0 saturated carbocycles. The Morgan fingerprint density at radius 1 is 1.10 bits per heavy atom. The highest BCUT2D eigenvalue weighted by molar-refractivity contribution is 6.10. The molecule has 5 rings (SSSR count). The number of nitrogens with zero attached hydrogens (tertiary/aromatic N) is 5. The number of benzene rings is 1. The lowest BCUT2D eigenvalue weighted by Gasteiger charge is -2.39. The van der Waals surface area contributed by atoms with Crippen LogP contribution >= 0.6 is 0 Å². The van der Waals surface area contributed by atoms with Gasteiger partial charge in [0, 0.05) is 57.8 Å². The number of alkyl halides is 3. The molecular formula is C27H31F4N5O3. The van der Waals surface area contributed by atoms with E-state index in [4.69, 9.17) is 4.74 Å². The number of anilines is 3. The van der Waals surface area contributed by atoms with Crippen molar-refractivity contribution in [1.82, 2.24) is 9.88 Å². The maximum atomic E-state index is 15.3. The summed E-state index contributed by atoms with van der Waals surface area (Å²) in [6, 6.07) is 5.14. The molecule has 8 nitrogen and oxygen atoms in total. The van der Waals surface area contributed by atoms with E-state index >= 15 is 4.39 Å². The van der Waals surface area contributed by atoms with E-state index in [1.54, 1.807) is 6.07 Å². The summed E-state index contributed by atoms with van der Waals surface area (Å²) in [5.41, 5.74) is -0.227. The fraction of sp³-hybridized carbons (Fsp3) is 0.519. The van der Waals surface area contributed by atoms with Gasteiger partial charge in [-0.3, -0.25) is 19.4 Å². The molecule has 2 fully saturated rings. The number of fused-ring (bicyclic) bond motifs is 2. The van der Waals surface area contributed by atoms with Crippen molar-refractivity contribution in [1.29, 1.82) is 0 Å². The number of aromatic nitrogens is 1. The van der Waals surface area contributed by atoms with Crippen LogP contribution in [0.2, 0.25) is 0 Å². The minimum Gasteiger partial charge on any atom is -0.379 e. The first-order chi connectivity index (χ1) is 18.5. The minimum absolute atomic E-state index is 0.0645. The van der Waals surface area contributed by atoms with Crippen molar-refractivity contribution in [3.05, 3.63) is 47.4 Å². The normalized spacial score (nSPS) is 22.6. The topological polar surface area (TPSA) is 69.2 Å². The number of carbonyl (C=O) groups is 2. The number of aryl methyl sites for hydroxylation is 1. The highest BCUT2D eigenvalue weighted by Crippen LogP contribution is 2.41. The number of carbonyl (C=O) groups excluding carboxylic acids is 2. The maximum absolute atomic E-state index is 15.3. The molecular weight excluding hydrogens is 518 g/mol. The SMILES string of the molecule is Cc1cc(C(F)(F)F)cc(N2C(=O)C[C@@H]3CN(CCCN4CCOCC4)c4c(F)cccc4N(C)C(=O)[C@H]32)n1. The van der Waals surface area contributed by atoms with Crippen molar-refractivity contribution >= 4 is 29.0 Å². The standard InChI is InChI=1S/C27H31F4N5O3/c1-17-13-19(27(29,30)31)15-22(32-17)36-23(37)14-18-16-35(8-4-7-34-9-11-39-12-10-34)25-20(28)5-3-6-21(25)33(2)26(38)24(18)36/h3,5-6,13,15,18,24H,4,7-12,14,16H2,1-2H3/t18-,24+/m1/s1. The Balaban J connectivity index is 1.49. The summed E-state index contributed by atoms with van der Waals surface area (Å²) in [4.78, 5) is 37.8. The molecule has 0 aliphatic carbocycles. The number of halogens is 4. The number of rotatable bonds is 5. The van der Waals surface area contributed by atoms with Crippen LogP contribution in [0.1, 0.15) is 24.1 Å². The smallest absolute Gasteiger partial charge is 0.379 e. The van der Waals surface area contributed by atoms with E-state index in [2.05, 4.69) is 9.88 Å². The maximum Gasteiger partial charge on any atom is 0.416 e. The van der Waals surface area contributed by atoms with Gasteiger partial charge in [-0.25, -0.2) is 9.37 Å². The molecule has 3 aliphatic rings. The van der Waals surface area contributed by atoms with Crippen molar-refractivity contribution in [3.63, 3.8) is 0 Å². The first-order valence-electron chi connectivity index (χ1n) is 13.0. The summed E-state index contributed by atoms with van der Waals surface area (Å²) in [6.07, 6.45) is -3.99. The van der Waals surface area contributed by atoms with Crippen LogP contribution in [0.25, 0.3) is 0 Å². The molecule has 1 aromatic carbocycles. The van der Waals surface area contributed by atoms with E-state index < -0.39 is 41.3 Å². The van der Waals surface area contributed by atoms with Crippen molar-refractivity contribution < 1.29 is 31.9 Å². The molecule has 1 aromatic heterocycles. The van der Waals surface area contributed by atoms with Crippen LogP contribution in [0, 0.1) is 18.7 Å². The molecule has 0 unspecified atom stereocenters. The molecule has 2 atom stereocenters. The van der Waals surface area contributed by atoms with E-state index in [1.807, 2.05) is 4.90 Å². The van der Waals surface area contributed by atoms with E-state index in [0.29, 0.717) is 25.4 Å². The average molecular weight is 550 g/mol. The second kappa shape index (κ2) is 10.7. The Kier molecular flexibility index (Phi) is 7.51. The molecule has 4 heterocycles. The van der Waals surface area contributed by atoms with Crippen molar-refractivity contribution in [2.45, 2.75) is 32.0 Å². The summed E-state index contributed by atoms with van der Waals surface area (Å²) >= 11 is 0. The summed E-state index contributed by atoms with van der Waals surface area (Å²) in [6.45, 7) is 5.84. The van der Waals surface area contributed by atoms with Crippen molar-refractivity contribution in [2.75, 3.05) is 67.7 Å². The Morgan fingerprint density at radius 2 is 1.85 bits per heavy atom. The van der Waals surface area contributed by atoms with Crippen LogP contribution < -0.4 is 14.7 Å². The van der Waals surface area contributed by atoms with Gasteiger partial charge in [-0.2, -0.15) is 13.2 Å². The molecule has 0 radical (unpaired) electrons. The zero-order valence-electron chi connectivity index (χ0n) is 21.9. The first kappa shape index (κ1) is 27.3. The molecule has 210 valence electrons. The second-order valence-corrected chi connectivity index (χ2v) is 10.3. The van der Waals surface area contributed by atoms with Gasteiger partial charge >= 0.3 is 6.18 Å². The van der Waals surface area contributed by atoms with Crippen LogP contribution in [0.15, 0.2) is 30.3 Å². The van der Waals surface area contributed by atoms with E-state index in [1.165, 1.54) is 31.0 Å². The first-order valence-corrected chi connectivity index (χ1v) is 13.0. The number of hydrogen-bond acceptors (Lipinski definition) is 6. The molecule has 12 heteroatoms. The minimum atomic E-state index is -4.64. The van der Waals surface area contributed by atoms with Crippen LogP contribution in [-0.4, -0.2) is 80.7 Å². The molecule has 3 aliphatic heterocycles. The fourth-order valence-corrected chi connectivity index (χ4v) is 5.78. The summed E-state index contributed by atoms with van der Waals surface area (Å²) in [5.74, 6) is -2.24. The van der Waals surface area contributed by atoms with Crippen molar-refractivity contribution in [2.24, 2.45) is 5.92 Å². The zero-order valence-corrected chi connectivity index (χ0v) is 21.9. The molecule has 0 N–H and O–H groups in total. The molecule has 0 bridgehead atoms. The lowest BCUT2D eigenvalue weighted by molar-refractivity contribution is -0.137. The highest BCUT2D eigenvalue weighted by Gasteiger charge is 2.49. The van der Waals surface area contributed by atoms with Gasteiger partial charge in [0.2, 0.25) is 11.8 Å². The van der Waals surface area contributed by atoms with Gasteiger partial charge in [0.25, 0.3) is 0 Å². The lowest BCUT2D eigenvalue weighted by atomic mass is 9.95. The number of morpholine rings is 1. The summed E-state index contributed by atoms with van der Waals surface area (Å²) in [7, 11) is 1.50. The molecule has 2 amide bonds. The van der Waals surface area contributed by atoms with Gasteiger partial charge in [0.05, 0.1) is 30.2 Å². The summed E-state index contributed by atoms with van der Waals surface area (Å²) in [5, 5.41) is 0. The van der Waals surface area contributed by atoms with Gasteiger partial charge in [0.15, 0.2) is 0 Å². The average Bonchev–Trinajstić information content (AvgIpc) is 3.21. The van der Waals surface area contributed by atoms with Crippen molar-refractivity contribution in [3.8, 4) is 0 Å². The third-order valence-corrected chi connectivity index (χ3v) is 7.63. The fourth-order valence-electron chi connectivity index (χ4n) is 5.78. The monoisotopic (exact) mass is 549 g/mol. The predicted octanol–water partition coefficient (Wildman–Crippen LogP) is 3.47. The number of para-hydroxylation sites is 1. The van der Waals surface area contributed by atoms with Gasteiger partial charge in [-0.1, -0.05) is 6.07 Å². The van der Waals surface area contributed by atoms with Crippen LogP contribution in [0.3, 0.4) is 0 Å². The third kappa shape index (κ3) is 5.44. The molecule has 0 spiro atoms. The lowest BCUT2D eigenvalue weighted by Crippen LogP contribution is -2.52. The third-order valence-electron chi connectivity index (χ3n) is 7.63. The highest BCUT2D eigenvalue weighted by atomic mass is 19.4. The second-order valence-electron chi connectivity index (χ2n) is 10.3. The van der Waals surface area contributed by atoms with Crippen LogP contribution in [0.4, 0.5) is 34.8 Å². The molecule has 2 saturated heterocycles. The van der Waals surface area contributed by atoms with Crippen LogP contribution in [-0.2, 0) is 20.5 Å². The molecule has 2 aromatic rings. The van der Waals surface area contributed by atoms with Gasteiger partial charge < -0.3 is 14.5 Å². The molecule has 39 heavy (non-hydrogen) atoms. The number of amides is 2. The Bertz CT molecular complexity index is 1250. The number of pyridine rings is 1. The predicted molar refractivity (Wildman–Crippen MR) is 137 cm³/mol. The van der Waals surface area contributed by atoms with Crippen LogP contribution in [0.5, 0.6) is 0 Å². The van der Waals surface area contributed by atoms with E-state index in [-0.39, 0.29) is 30.2 Å².